The third-order valence-corrected chi connectivity index (χ3v) is 4.66. The number of nitrogens with zero attached hydrogens (tertiary/aromatic N) is 1. The Morgan fingerprint density at radius 1 is 1.44 bits per heavy atom. The normalized spacial score (nSPS) is 41.8. The molecule has 0 spiro atoms. The molecule has 3 atom stereocenters. The topological polar surface area (TPSA) is 46.6 Å². The van der Waals surface area contributed by atoms with Crippen LogP contribution in [-0.4, -0.2) is 37.5 Å². The van der Waals surface area contributed by atoms with Gasteiger partial charge in [-0.25, -0.2) is 0 Å². The van der Waals surface area contributed by atoms with Crippen LogP contribution in [0.2, 0.25) is 0 Å². The van der Waals surface area contributed by atoms with Crippen molar-refractivity contribution in [2.75, 3.05) is 20.7 Å². The second-order valence-electron chi connectivity index (χ2n) is 5.65. The average Bonchev–Trinajstić information content (AvgIpc) is 2.60. The largest absolute Gasteiger partial charge is 0.465 e. The highest BCUT2D eigenvalue weighted by atomic mass is 16.5. The monoisotopic (exact) mass is 225 g/mol. The number of hydrogen-bond acceptors (Lipinski definition) is 3. The molecule has 16 heavy (non-hydrogen) atoms. The molecule has 1 saturated carbocycles. The fourth-order valence-corrected chi connectivity index (χ4v) is 3.10. The quantitative estimate of drug-likeness (QED) is 0.627. The van der Waals surface area contributed by atoms with Crippen LogP contribution < -0.4 is 0 Å². The van der Waals surface area contributed by atoms with Gasteiger partial charge in [-0.1, -0.05) is 6.92 Å². The molecule has 2 fully saturated rings. The van der Waals surface area contributed by atoms with Crippen LogP contribution in [0.15, 0.2) is 0 Å². The number of carbonyl (C=O) groups is 2. The number of ether oxygens (including phenoxy) is 1. The van der Waals surface area contributed by atoms with Crippen LogP contribution in [0.5, 0.6) is 0 Å². The van der Waals surface area contributed by atoms with Crippen molar-refractivity contribution in [3.8, 4) is 0 Å². The van der Waals surface area contributed by atoms with Crippen LogP contribution in [0.4, 0.5) is 0 Å². The third-order valence-electron chi connectivity index (χ3n) is 4.66. The molecule has 0 bridgehead atoms. The first-order valence-electron chi connectivity index (χ1n) is 5.71. The molecule has 1 heterocycles. The summed E-state index contributed by atoms with van der Waals surface area (Å²) in [7, 11) is 3.53. The molecule has 90 valence electrons. The van der Waals surface area contributed by atoms with Crippen LogP contribution in [0.25, 0.3) is 0 Å². The molecule has 0 aromatic carbocycles. The number of amides is 1. The number of esters is 1. The zero-order chi connectivity index (χ0) is 12.1. The highest BCUT2D eigenvalue weighted by molar-refractivity contribution is 5.86. The second-order valence-corrected chi connectivity index (χ2v) is 5.65. The molecule has 1 saturated heterocycles. The highest BCUT2D eigenvalue weighted by Gasteiger charge is 2.65. The van der Waals surface area contributed by atoms with Gasteiger partial charge >= 0.3 is 5.97 Å². The Labute approximate surface area is 95.9 Å². The summed E-state index contributed by atoms with van der Waals surface area (Å²) in [6.45, 7) is 4.33. The first kappa shape index (κ1) is 11.4. The van der Waals surface area contributed by atoms with Gasteiger partial charge in [0.15, 0.2) is 0 Å². The molecule has 2 aliphatic rings. The number of fused-ring (bicyclic) bond motifs is 1. The minimum atomic E-state index is -0.469. The Morgan fingerprint density at radius 2 is 2.06 bits per heavy atom. The fraction of sp³-hybridized carbons (Fsp3) is 0.833. The van der Waals surface area contributed by atoms with E-state index in [2.05, 4.69) is 0 Å². The molecule has 0 radical (unpaired) electrons. The maximum atomic E-state index is 12.1. The number of rotatable bonds is 1. The van der Waals surface area contributed by atoms with E-state index in [-0.39, 0.29) is 23.2 Å². The Bertz CT molecular complexity index is 352. The van der Waals surface area contributed by atoms with E-state index < -0.39 is 5.41 Å². The first-order valence-corrected chi connectivity index (χ1v) is 5.71. The summed E-state index contributed by atoms with van der Waals surface area (Å²) < 4.78 is 5.18. The predicted octanol–water partition coefficient (Wildman–Crippen LogP) is 1.05. The Balaban J connectivity index is 2.34. The van der Waals surface area contributed by atoms with Crippen molar-refractivity contribution in [1.29, 1.82) is 0 Å². The van der Waals surface area contributed by atoms with Crippen molar-refractivity contribution in [2.24, 2.45) is 16.7 Å². The van der Waals surface area contributed by atoms with E-state index in [1.54, 1.807) is 19.0 Å². The van der Waals surface area contributed by atoms with Gasteiger partial charge in [-0.2, -0.15) is 0 Å². The standard InChI is InChI=1S/C12H19NO3/c1-11-6-5-8(9(14)13(3)4)12(11,2)7-16-10(11)15/h8H,5-7H2,1-4H3/t8-,11-,12+/m1/s1. The van der Waals surface area contributed by atoms with Crippen LogP contribution in [0.3, 0.4) is 0 Å². The predicted molar refractivity (Wildman–Crippen MR) is 58.6 cm³/mol. The summed E-state index contributed by atoms with van der Waals surface area (Å²) in [5, 5.41) is 0. The minimum absolute atomic E-state index is 0.0843. The van der Waals surface area contributed by atoms with E-state index in [0.717, 1.165) is 12.8 Å². The summed E-state index contributed by atoms with van der Waals surface area (Å²) in [6.07, 6.45) is 1.55. The molecule has 1 aliphatic carbocycles. The molecule has 0 aromatic rings. The van der Waals surface area contributed by atoms with Gasteiger partial charge in [-0.3, -0.25) is 9.59 Å². The summed E-state index contributed by atoms with van der Waals surface area (Å²) in [5.74, 6) is -0.104. The van der Waals surface area contributed by atoms with Gasteiger partial charge in [0, 0.05) is 25.4 Å². The van der Waals surface area contributed by atoms with E-state index in [4.69, 9.17) is 4.74 Å². The summed E-state index contributed by atoms with van der Waals surface area (Å²) in [4.78, 5) is 25.5. The van der Waals surface area contributed by atoms with Crippen LogP contribution in [-0.2, 0) is 14.3 Å². The lowest BCUT2D eigenvalue weighted by molar-refractivity contribution is -0.146. The third kappa shape index (κ3) is 1.16. The first-order chi connectivity index (χ1) is 7.33. The summed E-state index contributed by atoms with van der Waals surface area (Å²) >= 11 is 0. The molecule has 1 aliphatic heterocycles. The van der Waals surface area contributed by atoms with E-state index in [0.29, 0.717) is 6.61 Å². The van der Waals surface area contributed by atoms with E-state index in [1.807, 2.05) is 13.8 Å². The van der Waals surface area contributed by atoms with Gasteiger partial charge in [0.2, 0.25) is 5.91 Å². The van der Waals surface area contributed by atoms with Gasteiger partial charge in [0.1, 0.15) is 0 Å². The lowest BCUT2D eigenvalue weighted by atomic mass is 9.66. The molecule has 0 N–H and O–H groups in total. The number of hydrogen-bond donors (Lipinski definition) is 0. The Hall–Kier alpha value is -1.06. The maximum absolute atomic E-state index is 12.1. The molecule has 2 rings (SSSR count). The van der Waals surface area contributed by atoms with Crippen molar-refractivity contribution in [2.45, 2.75) is 26.7 Å². The van der Waals surface area contributed by atoms with Crippen molar-refractivity contribution >= 4 is 11.9 Å². The highest BCUT2D eigenvalue weighted by Crippen LogP contribution is 2.60. The van der Waals surface area contributed by atoms with Gasteiger partial charge < -0.3 is 9.64 Å². The van der Waals surface area contributed by atoms with Crippen molar-refractivity contribution < 1.29 is 14.3 Å². The molecular weight excluding hydrogens is 206 g/mol. The molecule has 1 amide bonds. The lowest BCUT2D eigenvalue weighted by Gasteiger charge is -2.34. The number of carbonyl (C=O) groups excluding carboxylic acids is 2. The van der Waals surface area contributed by atoms with Crippen LogP contribution >= 0.6 is 0 Å². The van der Waals surface area contributed by atoms with Crippen molar-refractivity contribution in [1.82, 2.24) is 4.90 Å². The second kappa shape index (κ2) is 3.22. The minimum Gasteiger partial charge on any atom is -0.465 e. The SMILES string of the molecule is CN(C)C(=O)[C@H]1CC[C@]2(C)C(=O)OC[C@@]12C. The van der Waals surface area contributed by atoms with Crippen LogP contribution in [0, 0.1) is 16.7 Å². The van der Waals surface area contributed by atoms with Gasteiger partial charge in [-0.05, 0) is 19.8 Å². The van der Waals surface area contributed by atoms with Gasteiger partial charge in [-0.15, -0.1) is 0 Å². The smallest absolute Gasteiger partial charge is 0.312 e. The summed E-state index contributed by atoms with van der Waals surface area (Å²) in [5.41, 5.74) is -0.797. The molecular formula is C12H19NO3. The summed E-state index contributed by atoms with van der Waals surface area (Å²) in [6, 6.07) is 0. The lowest BCUT2D eigenvalue weighted by Crippen LogP contribution is -2.43. The zero-order valence-electron chi connectivity index (χ0n) is 10.4. The molecule has 0 unspecified atom stereocenters. The Kier molecular flexibility index (Phi) is 2.30. The zero-order valence-corrected chi connectivity index (χ0v) is 10.4. The molecule has 0 aromatic heterocycles. The van der Waals surface area contributed by atoms with Gasteiger partial charge in [0.25, 0.3) is 0 Å². The van der Waals surface area contributed by atoms with Gasteiger partial charge in [0.05, 0.1) is 12.0 Å². The van der Waals surface area contributed by atoms with E-state index >= 15 is 0 Å². The van der Waals surface area contributed by atoms with E-state index in [1.165, 1.54) is 0 Å². The maximum Gasteiger partial charge on any atom is 0.312 e. The van der Waals surface area contributed by atoms with Crippen molar-refractivity contribution in [3.63, 3.8) is 0 Å². The van der Waals surface area contributed by atoms with Crippen molar-refractivity contribution in [3.05, 3.63) is 0 Å². The van der Waals surface area contributed by atoms with E-state index in [9.17, 15) is 9.59 Å². The fourth-order valence-electron chi connectivity index (χ4n) is 3.10. The number of cyclic esters (lactones) is 1. The molecule has 4 heteroatoms. The van der Waals surface area contributed by atoms with Crippen LogP contribution in [0.1, 0.15) is 26.7 Å². The Morgan fingerprint density at radius 3 is 2.62 bits per heavy atom. The molecule has 4 nitrogen and oxygen atoms in total. The average molecular weight is 225 g/mol.